The first kappa shape index (κ1) is 25.2. The van der Waals surface area contributed by atoms with Gasteiger partial charge in [-0.3, -0.25) is 4.79 Å². The van der Waals surface area contributed by atoms with E-state index in [0.717, 1.165) is 12.8 Å². The second-order valence-electron chi connectivity index (χ2n) is 6.67. The number of carboxylic acid groups (broad SMARTS) is 1. The minimum absolute atomic E-state index is 0. The maximum atomic E-state index is 11.8. The fourth-order valence-corrected chi connectivity index (χ4v) is 2.56. The molecule has 1 radical (unpaired) electrons. The van der Waals surface area contributed by atoms with E-state index in [9.17, 15) is 9.59 Å². The summed E-state index contributed by atoms with van der Waals surface area (Å²) in [6.45, 7) is 6.15. The molecule has 0 heterocycles. The molecule has 0 fully saturated rings. The number of hydrogen-bond donors (Lipinski definition) is 2. The zero-order valence-corrected chi connectivity index (χ0v) is 17.7. The number of hydrogen-bond acceptors (Lipinski definition) is 2. The van der Waals surface area contributed by atoms with Crippen molar-refractivity contribution in [1.29, 1.82) is 0 Å². The van der Waals surface area contributed by atoms with Gasteiger partial charge in [0.1, 0.15) is 6.04 Å². The van der Waals surface area contributed by atoms with Crippen LogP contribution in [0.1, 0.15) is 91.4 Å². The van der Waals surface area contributed by atoms with Gasteiger partial charge in [0, 0.05) is 36.0 Å². The van der Waals surface area contributed by atoms with Crippen LogP contribution in [0.15, 0.2) is 0 Å². The smallest absolute Gasteiger partial charge is 0.326 e. The van der Waals surface area contributed by atoms with Crippen LogP contribution in [0.25, 0.3) is 0 Å². The number of carboxylic acids is 1. The third kappa shape index (κ3) is 16.6. The topological polar surface area (TPSA) is 66.4 Å². The number of aliphatic carboxylic acids is 1. The first-order valence-corrected chi connectivity index (χ1v) is 8.99. The number of nitrogens with one attached hydrogen (secondary N) is 1. The third-order valence-corrected chi connectivity index (χ3v) is 3.85. The molecular weight excluding hydrogens is 301 g/mol. The molecule has 0 aromatic heterocycles. The summed E-state index contributed by atoms with van der Waals surface area (Å²) in [6, 6.07) is -0.744. The van der Waals surface area contributed by atoms with E-state index in [4.69, 9.17) is 5.11 Å². The Morgan fingerprint density at radius 2 is 1.39 bits per heavy atom. The third-order valence-electron chi connectivity index (χ3n) is 3.85. The number of carbonyl (C=O) groups excluding carboxylic acids is 1. The number of unbranched alkanes of at least 4 members (excludes halogenated alkanes) is 8. The van der Waals surface area contributed by atoms with Gasteiger partial charge in [-0.05, 0) is 18.8 Å². The van der Waals surface area contributed by atoms with E-state index >= 15 is 0 Å². The molecule has 131 valence electrons. The maximum Gasteiger partial charge on any atom is 0.326 e. The first-order chi connectivity index (χ1) is 10.5. The molecule has 0 aromatic rings. The molecule has 4 nitrogen and oxygen atoms in total. The molecule has 1 amide bonds. The Kier molecular flexibility index (Phi) is 18.4. The molecule has 0 saturated heterocycles. The molecular formula is C18H35NNaO3. The van der Waals surface area contributed by atoms with Crippen molar-refractivity contribution >= 4 is 41.4 Å². The fraction of sp³-hybridized carbons (Fsp3) is 0.889. The Labute approximate surface area is 164 Å². The molecule has 0 aromatic carbocycles. The summed E-state index contributed by atoms with van der Waals surface area (Å²) in [6.07, 6.45) is 11.8. The molecule has 0 aliphatic carbocycles. The van der Waals surface area contributed by atoms with Crippen molar-refractivity contribution in [1.82, 2.24) is 5.32 Å². The Morgan fingerprint density at radius 3 is 1.83 bits per heavy atom. The van der Waals surface area contributed by atoms with Crippen LogP contribution in [0.3, 0.4) is 0 Å². The van der Waals surface area contributed by atoms with E-state index in [0.29, 0.717) is 12.8 Å². The quantitative estimate of drug-likeness (QED) is 0.370. The molecule has 0 saturated carbocycles. The van der Waals surface area contributed by atoms with E-state index < -0.39 is 12.0 Å². The molecule has 0 spiro atoms. The minimum Gasteiger partial charge on any atom is -0.480 e. The van der Waals surface area contributed by atoms with Crippen LogP contribution in [0, 0.1) is 5.92 Å². The average Bonchev–Trinajstić information content (AvgIpc) is 2.44. The normalized spacial score (nSPS) is 11.8. The monoisotopic (exact) mass is 336 g/mol. The van der Waals surface area contributed by atoms with Gasteiger partial charge in [-0.15, -0.1) is 0 Å². The first-order valence-electron chi connectivity index (χ1n) is 8.99. The molecule has 5 heteroatoms. The SMILES string of the molecule is CCCCCCCCCCCC(=O)N[C@@H](CC(C)C)C(=O)O.[Na]. The summed E-state index contributed by atoms with van der Waals surface area (Å²) in [5.74, 6) is -0.806. The number of amides is 1. The molecule has 23 heavy (non-hydrogen) atoms. The maximum absolute atomic E-state index is 11.8. The number of rotatable bonds is 14. The molecule has 0 aliphatic heterocycles. The van der Waals surface area contributed by atoms with Crippen LogP contribution in [-0.2, 0) is 9.59 Å². The predicted octanol–water partition coefficient (Wildman–Crippen LogP) is 4.14. The molecule has 0 unspecified atom stereocenters. The van der Waals surface area contributed by atoms with E-state index in [1.54, 1.807) is 0 Å². The Morgan fingerprint density at radius 1 is 0.913 bits per heavy atom. The van der Waals surface area contributed by atoms with Crippen molar-refractivity contribution in [3.05, 3.63) is 0 Å². The van der Waals surface area contributed by atoms with Gasteiger partial charge >= 0.3 is 5.97 Å². The summed E-state index contributed by atoms with van der Waals surface area (Å²) in [5.41, 5.74) is 0. The van der Waals surface area contributed by atoms with Gasteiger partial charge < -0.3 is 10.4 Å². The van der Waals surface area contributed by atoms with Crippen LogP contribution in [0.4, 0.5) is 0 Å². The van der Waals surface area contributed by atoms with E-state index in [1.165, 1.54) is 44.9 Å². The van der Waals surface area contributed by atoms with Crippen molar-refractivity contribution in [2.75, 3.05) is 0 Å². The van der Waals surface area contributed by atoms with E-state index in [2.05, 4.69) is 12.2 Å². The van der Waals surface area contributed by atoms with Crippen LogP contribution in [-0.4, -0.2) is 52.6 Å². The Bertz CT molecular complexity index is 309. The molecule has 0 aliphatic rings. The molecule has 2 N–H and O–H groups in total. The zero-order valence-electron chi connectivity index (χ0n) is 15.7. The van der Waals surface area contributed by atoms with Gasteiger partial charge in [-0.2, -0.15) is 0 Å². The van der Waals surface area contributed by atoms with E-state index in [-0.39, 0.29) is 41.4 Å². The Hall–Kier alpha value is -0.0600. The van der Waals surface area contributed by atoms with Crippen molar-refractivity contribution < 1.29 is 14.7 Å². The molecule has 0 rings (SSSR count). The average molecular weight is 336 g/mol. The molecule has 0 bridgehead atoms. The molecule has 1 atom stereocenters. The van der Waals surface area contributed by atoms with Crippen LogP contribution >= 0.6 is 0 Å². The second kappa shape index (κ2) is 16.8. The summed E-state index contributed by atoms with van der Waals surface area (Å²) < 4.78 is 0. The van der Waals surface area contributed by atoms with Crippen molar-refractivity contribution in [3.8, 4) is 0 Å². The van der Waals surface area contributed by atoms with Gasteiger partial charge in [-0.25, -0.2) is 4.79 Å². The van der Waals surface area contributed by atoms with Crippen molar-refractivity contribution in [2.45, 2.75) is 97.4 Å². The summed E-state index contributed by atoms with van der Waals surface area (Å²) in [4.78, 5) is 22.9. The van der Waals surface area contributed by atoms with Gasteiger partial charge in [0.25, 0.3) is 0 Å². The summed E-state index contributed by atoms with van der Waals surface area (Å²) in [7, 11) is 0. The minimum atomic E-state index is -0.936. The largest absolute Gasteiger partial charge is 0.480 e. The van der Waals surface area contributed by atoms with Gasteiger partial charge in [0.05, 0.1) is 0 Å². The predicted molar refractivity (Wildman–Crippen MR) is 96.6 cm³/mol. The van der Waals surface area contributed by atoms with Crippen LogP contribution < -0.4 is 5.32 Å². The van der Waals surface area contributed by atoms with Crippen LogP contribution in [0.2, 0.25) is 0 Å². The standard InChI is InChI=1S/C18H35NO3.Na/c1-4-5-6-7-8-9-10-11-12-13-17(20)19-16(18(21)22)14-15(2)3;/h15-16H,4-14H2,1-3H3,(H,19,20)(H,21,22);/t16-;/m0./s1. The summed E-state index contributed by atoms with van der Waals surface area (Å²) in [5, 5.41) is 11.7. The second-order valence-corrected chi connectivity index (χ2v) is 6.67. The van der Waals surface area contributed by atoms with Gasteiger partial charge in [0.2, 0.25) is 5.91 Å². The van der Waals surface area contributed by atoms with Crippen molar-refractivity contribution in [2.24, 2.45) is 5.92 Å². The van der Waals surface area contributed by atoms with Crippen LogP contribution in [0.5, 0.6) is 0 Å². The van der Waals surface area contributed by atoms with Gasteiger partial charge in [0.15, 0.2) is 0 Å². The van der Waals surface area contributed by atoms with E-state index in [1.807, 2.05) is 13.8 Å². The fourth-order valence-electron chi connectivity index (χ4n) is 2.56. The van der Waals surface area contributed by atoms with Crippen molar-refractivity contribution in [3.63, 3.8) is 0 Å². The number of carbonyl (C=O) groups is 2. The Balaban J connectivity index is 0. The zero-order chi connectivity index (χ0) is 16.8. The summed E-state index contributed by atoms with van der Waals surface area (Å²) >= 11 is 0. The van der Waals surface area contributed by atoms with Gasteiger partial charge in [-0.1, -0.05) is 72.1 Å².